The fraction of sp³-hybridized carbons (Fsp3) is 0.833. The van der Waals surface area contributed by atoms with E-state index < -0.39 is 24.0 Å². The van der Waals surface area contributed by atoms with Crippen molar-refractivity contribution in [1.29, 1.82) is 0 Å². The Morgan fingerprint density at radius 2 is 1.17 bits per heavy atom. The zero-order chi connectivity index (χ0) is 14.0. The van der Waals surface area contributed by atoms with Crippen molar-refractivity contribution in [1.82, 2.24) is 10.6 Å². The van der Waals surface area contributed by atoms with Crippen LogP contribution in [0.2, 0.25) is 0 Å². The van der Waals surface area contributed by atoms with Gasteiger partial charge in [0.2, 0.25) is 0 Å². The minimum atomic E-state index is -0.832. The van der Waals surface area contributed by atoms with E-state index in [1.165, 1.54) is 0 Å². The van der Waals surface area contributed by atoms with E-state index in [0.717, 1.165) is 25.7 Å². The Kier molecular flexibility index (Phi) is 9.22. The molecule has 2 atom stereocenters. The molecule has 0 aromatic heterocycles. The van der Waals surface area contributed by atoms with Gasteiger partial charge in [0.05, 0.1) is 0 Å². The van der Waals surface area contributed by atoms with Gasteiger partial charge in [0, 0.05) is 0 Å². The molecule has 0 aliphatic rings. The first-order valence-electron chi connectivity index (χ1n) is 6.37. The summed E-state index contributed by atoms with van der Waals surface area (Å²) in [6.45, 7) is 4.65. The molecule has 106 valence electrons. The Bertz CT molecular complexity index is 232. The number of aliphatic carboxylic acids is 2. The molecule has 0 aliphatic carbocycles. The lowest BCUT2D eigenvalue weighted by Crippen LogP contribution is -2.34. The summed E-state index contributed by atoms with van der Waals surface area (Å²) in [4.78, 5) is 21.0. The number of rotatable bonds is 11. The number of carboxylic acid groups (broad SMARTS) is 2. The maximum absolute atomic E-state index is 10.5. The average Bonchev–Trinajstić information content (AvgIpc) is 2.31. The molecule has 6 heteroatoms. The second-order valence-corrected chi connectivity index (χ2v) is 4.44. The van der Waals surface area contributed by atoms with Gasteiger partial charge in [0.25, 0.3) is 0 Å². The third kappa shape index (κ3) is 8.95. The predicted molar refractivity (Wildman–Crippen MR) is 68.7 cm³/mol. The molecule has 0 aromatic rings. The third-order valence-electron chi connectivity index (χ3n) is 2.75. The normalized spacial score (nSPS) is 14.1. The highest BCUT2D eigenvalue weighted by Crippen LogP contribution is 1.98. The number of unbranched alkanes of at least 4 members (excludes halogenated alkanes) is 3. The fourth-order valence-corrected chi connectivity index (χ4v) is 1.42. The number of carbonyl (C=O) groups is 2. The highest BCUT2D eigenvalue weighted by Gasteiger charge is 2.09. The van der Waals surface area contributed by atoms with Crippen molar-refractivity contribution in [3.05, 3.63) is 0 Å². The molecule has 0 aromatic carbocycles. The van der Waals surface area contributed by atoms with Crippen LogP contribution in [0.5, 0.6) is 0 Å². The topological polar surface area (TPSA) is 98.7 Å². The van der Waals surface area contributed by atoms with Gasteiger partial charge in [-0.2, -0.15) is 0 Å². The number of nitrogens with one attached hydrogen (secondary N) is 2. The number of carboxylic acids is 2. The van der Waals surface area contributed by atoms with Gasteiger partial charge in [-0.15, -0.1) is 0 Å². The van der Waals surface area contributed by atoms with Crippen molar-refractivity contribution in [2.75, 3.05) is 13.1 Å². The monoisotopic (exact) mass is 260 g/mol. The van der Waals surface area contributed by atoms with Gasteiger partial charge >= 0.3 is 11.9 Å². The second kappa shape index (κ2) is 9.85. The Labute approximate surface area is 108 Å². The summed E-state index contributed by atoms with van der Waals surface area (Å²) in [6.07, 6.45) is 3.91. The molecule has 0 aliphatic heterocycles. The van der Waals surface area contributed by atoms with E-state index in [1.54, 1.807) is 13.8 Å². The number of hydrogen-bond donors (Lipinski definition) is 4. The first kappa shape index (κ1) is 16.9. The van der Waals surface area contributed by atoms with Gasteiger partial charge in [-0.3, -0.25) is 9.59 Å². The molecule has 4 N–H and O–H groups in total. The predicted octanol–water partition coefficient (Wildman–Crippen LogP) is 0.672. The first-order valence-corrected chi connectivity index (χ1v) is 6.37. The molecule has 0 saturated heterocycles. The lowest BCUT2D eigenvalue weighted by atomic mass is 10.2. The lowest BCUT2D eigenvalue weighted by Gasteiger charge is -2.10. The Hall–Kier alpha value is -1.14. The van der Waals surface area contributed by atoms with E-state index in [4.69, 9.17) is 10.2 Å². The molecule has 0 rings (SSSR count). The van der Waals surface area contributed by atoms with Crippen molar-refractivity contribution in [3.63, 3.8) is 0 Å². The van der Waals surface area contributed by atoms with Crippen LogP contribution in [-0.2, 0) is 9.59 Å². The largest absolute Gasteiger partial charge is 0.480 e. The van der Waals surface area contributed by atoms with E-state index in [9.17, 15) is 9.59 Å². The molecule has 6 nitrogen and oxygen atoms in total. The van der Waals surface area contributed by atoms with Gasteiger partial charge in [-0.1, -0.05) is 12.8 Å². The van der Waals surface area contributed by atoms with Crippen LogP contribution in [-0.4, -0.2) is 47.3 Å². The van der Waals surface area contributed by atoms with Crippen LogP contribution < -0.4 is 10.6 Å². The Morgan fingerprint density at radius 3 is 1.44 bits per heavy atom. The van der Waals surface area contributed by atoms with Crippen LogP contribution in [0.1, 0.15) is 39.5 Å². The molecule has 0 heterocycles. The summed E-state index contributed by atoms with van der Waals surface area (Å²) in [7, 11) is 0. The smallest absolute Gasteiger partial charge is 0.320 e. The molecule has 0 saturated carbocycles. The van der Waals surface area contributed by atoms with Crippen LogP contribution >= 0.6 is 0 Å². The summed E-state index contributed by atoms with van der Waals surface area (Å²) in [5.41, 5.74) is 0. The highest BCUT2D eigenvalue weighted by molar-refractivity contribution is 5.73. The lowest BCUT2D eigenvalue weighted by molar-refractivity contribution is -0.139. The molecule has 18 heavy (non-hydrogen) atoms. The summed E-state index contributed by atoms with van der Waals surface area (Å²) in [6, 6.07) is -0.994. The van der Waals surface area contributed by atoms with Crippen molar-refractivity contribution in [3.8, 4) is 0 Å². The minimum Gasteiger partial charge on any atom is -0.480 e. The van der Waals surface area contributed by atoms with Crippen LogP contribution in [0, 0.1) is 0 Å². The van der Waals surface area contributed by atoms with E-state index in [0.29, 0.717) is 13.1 Å². The van der Waals surface area contributed by atoms with Crippen LogP contribution in [0.25, 0.3) is 0 Å². The van der Waals surface area contributed by atoms with Gasteiger partial charge in [0.15, 0.2) is 0 Å². The molecule has 0 fully saturated rings. The fourth-order valence-electron chi connectivity index (χ4n) is 1.42. The zero-order valence-corrected chi connectivity index (χ0v) is 11.1. The van der Waals surface area contributed by atoms with Gasteiger partial charge in [0.1, 0.15) is 12.1 Å². The van der Waals surface area contributed by atoms with E-state index in [-0.39, 0.29) is 0 Å². The Balaban J connectivity index is 3.26. The van der Waals surface area contributed by atoms with Gasteiger partial charge in [-0.05, 0) is 39.8 Å². The zero-order valence-electron chi connectivity index (χ0n) is 11.1. The van der Waals surface area contributed by atoms with E-state index in [2.05, 4.69) is 10.6 Å². The summed E-state index contributed by atoms with van der Waals surface area (Å²) < 4.78 is 0. The van der Waals surface area contributed by atoms with Crippen molar-refractivity contribution in [2.45, 2.75) is 51.6 Å². The van der Waals surface area contributed by atoms with Crippen molar-refractivity contribution < 1.29 is 19.8 Å². The maximum atomic E-state index is 10.5. The summed E-state index contributed by atoms with van der Waals surface area (Å²) in [5.74, 6) is -1.66. The average molecular weight is 260 g/mol. The number of hydrogen-bond acceptors (Lipinski definition) is 4. The standard InChI is InChI=1S/C12H24N2O4/c1-9(11(15)16)13-7-5-3-4-6-8-14-10(2)12(17)18/h9-10,13-14H,3-8H2,1-2H3,(H,15,16)(H,17,18)/t9-,10+. The highest BCUT2D eigenvalue weighted by atomic mass is 16.4. The molecule has 0 amide bonds. The molecule has 0 unspecified atom stereocenters. The van der Waals surface area contributed by atoms with E-state index >= 15 is 0 Å². The molecule has 0 bridgehead atoms. The van der Waals surface area contributed by atoms with Crippen LogP contribution in [0.4, 0.5) is 0 Å². The third-order valence-corrected chi connectivity index (χ3v) is 2.75. The van der Waals surface area contributed by atoms with Crippen molar-refractivity contribution in [2.24, 2.45) is 0 Å². The molecule has 0 spiro atoms. The quantitative estimate of drug-likeness (QED) is 0.408. The first-order chi connectivity index (χ1) is 8.45. The molecular formula is C12H24N2O4. The SMILES string of the molecule is C[C@H](NCCCCCCN[C@H](C)C(=O)O)C(=O)O. The maximum Gasteiger partial charge on any atom is 0.320 e. The second-order valence-electron chi connectivity index (χ2n) is 4.44. The van der Waals surface area contributed by atoms with Crippen LogP contribution in [0.3, 0.4) is 0 Å². The van der Waals surface area contributed by atoms with Crippen LogP contribution in [0.15, 0.2) is 0 Å². The van der Waals surface area contributed by atoms with Gasteiger partial charge < -0.3 is 20.8 Å². The Morgan fingerprint density at radius 1 is 0.833 bits per heavy atom. The minimum absolute atomic E-state index is 0.497. The summed E-state index contributed by atoms with van der Waals surface area (Å²) in [5, 5.41) is 23.1. The van der Waals surface area contributed by atoms with Gasteiger partial charge in [-0.25, -0.2) is 0 Å². The van der Waals surface area contributed by atoms with E-state index in [1.807, 2.05) is 0 Å². The summed E-state index contributed by atoms with van der Waals surface area (Å²) >= 11 is 0. The molecular weight excluding hydrogens is 236 g/mol. The van der Waals surface area contributed by atoms with Crippen molar-refractivity contribution >= 4 is 11.9 Å². The molecule has 0 radical (unpaired) electrons.